The van der Waals surface area contributed by atoms with Crippen molar-refractivity contribution in [2.75, 3.05) is 52.9 Å². The first-order valence-electron chi connectivity index (χ1n) is 13.6. The molecule has 0 bridgehead atoms. The predicted molar refractivity (Wildman–Crippen MR) is 169 cm³/mol. The van der Waals surface area contributed by atoms with E-state index in [0.717, 1.165) is 26.4 Å². The Kier molecular flexibility index (Phi) is 20.9. The fraction of sp³-hybridized carbons (Fsp3) is 0.278. The van der Waals surface area contributed by atoms with Crippen LogP contribution in [0.4, 0.5) is 0 Å². The van der Waals surface area contributed by atoms with Crippen molar-refractivity contribution in [2.24, 2.45) is 0 Å². The fourth-order valence-electron chi connectivity index (χ4n) is 3.42. The van der Waals surface area contributed by atoms with Gasteiger partial charge in [0, 0.05) is 0 Å². The zero-order chi connectivity index (χ0) is 29.1. The van der Waals surface area contributed by atoms with E-state index >= 15 is 0 Å². The van der Waals surface area contributed by atoms with Gasteiger partial charge < -0.3 is 18.9 Å². The molecule has 4 heteroatoms. The molecule has 0 saturated heterocycles. The molecule has 2 aliphatic heterocycles. The summed E-state index contributed by atoms with van der Waals surface area (Å²) in [5, 5.41) is 0. The lowest BCUT2D eigenvalue weighted by Gasteiger charge is -2.07. The molecule has 0 aliphatic carbocycles. The molecule has 0 N–H and O–H groups in total. The average molecular weight is 541 g/mol. The average Bonchev–Trinajstić information content (AvgIpc) is 3.75. The van der Waals surface area contributed by atoms with Gasteiger partial charge in [-0.25, -0.2) is 0 Å². The molecule has 40 heavy (non-hydrogen) atoms. The molecule has 0 aromatic heterocycles. The fourth-order valence-corrected chi connectivity index (χ4v) is 3.42. The van der Waals surface area contributed by atoms with Crippen LogP contribution in [-0.4, -0.2) is 52.9 Å². The first kappa shape index (κ1) is 34.3. The van der Waals surface area contributed by atoms with Gasteiger partial charge in [-0.1, -0.05) is 129 Å². The summed E-state index contributed by atoms with van der Waals surface area (Å²) in [5.74, 6) is 5.60. The minimum atomic E-state index is 0.434. The SMILES string of the molecule is C1=C(C2=CCOC2)COC1.C=CC=C(c1ccccc1)c1ccccc1.C=CCOCC#CCOCC=C.CC. The van der Waals surface area contributed by atoms with Crippen LogP contribution in [0.15, 0.2) is 128 Å². The normalized spacial score (nSPS) is 12.7. The van der Waals surface area contributed by atoms with Crippen molar-refractivity contribution in [3.63, 3.8) is 0 Å². The van der Waals surface area contributed by atoms with Gasteiger partial charge in [-0.2, -0.15) is 0 Å². The van der Waals surface area contributed by atoms with Crippen LogP contribution in [0.3, 0.4) is 0 Å². The van der Waals surface area contributed by atoms with Gasteiger partial charge in [0.05, 0.1) is 39.6 Å². The van der Waals surface area contributed by atoms with E-state index in [-0.39, 0.29) is 0 Å². The van der Waals surface area contributed by atoms with E-state index < -0.39 is 0 Å². The highest BCUT2D eigenvalue weighted by atomic mass is 16.5. The van der Waals surface area contributed by atoms with E-state index in [1.807, 2.05) is 38.1 Å². The third kappa shape index (κ3) is 15.0. The summed E-state index contributed by atoms with van der Waals surface area (Å²) < 4.78 is 20.4. The number of benzene rings is 2. The molecule has 0 amide bonds. The molecular formula is C36H44O4. The summed E-state index contributed by atoms with van der Waals surface area (Å²) in [4.78, 5) is 0. The maximum Gasteiger partial charge on any atom is 0.108 e. The van der Waals surface area contributed by atoms with Crippen LogP contribution in [0.1, 0.15) is 25.0 Å². The Hall–Kier alpha value is -3.72. The highest BCUT2D eigenvalue weighted by Crippen LogP contribution is 2.23. The monoisotopic (exact) mass is 540 g/mol. The van der Waals surface area contributed by atoms with E-state index in [2.05, 4.69) is 92.3 Å². The first-order chi connectivity index (χ1) is 19.8. The van der Waals surface area contributed by atoms with Gasteiger partial charge >= 0.3 is 0 Å². The molecular weight excluding hydrogens is 496 g/mol. The molecule has 2 aliphatic rings. The van der Waals surface area contributed by atoms with Crippen molar-refractivity contribution in [2.45, 2.75) is 13.8 Å². The van der Waals surface area contributed by atoms with Crippen LogP contribution < -0.4 is 0 Å². The second kappa shape index (κ2) is 24.3. The zero-order valence-corrected chi connectivity index (χ0v) is 24.1. The second-order valence-corrected chi connectivity index (χ2v) is 8.00. The lowest BCUT2D eigenvalue weighted by atomic mass is 9.98. The standard InChI is InChI=1S/C16H14.C10H14O2.C8H10O2.C2H6/c1-2-9-16(14-10-5-3-6-11-14)15-12-7-4-8-13-15;1-3-7-11-9-5-6-10-12-8-4-2;1-3-9-5-7(1)8-2-4-10-6-8;1-2/h2-13H,1H2;3-4H,1-2,7-10H2;1-2H,3-6H2;1-2H3. The van der Waals surface area contributed by atoms with E-state index in [4.69, 9.17) is 18.9 Å². The van der Waals surface area contributed by atoms with Gasteiger partial charge in [0.1, 0.15) is 13.2 Å². The summed E-state index contributed by atoms with van der Waals surface area (Å²) >= 11 is 0. The van der Waals surface area contributed by atoms with Crippen LogP contribution in [0.2, 0.25) is 0 Å². The maximum atomic E-state index is 5.18. The lowest BCUT2D eigenvalue weighted by Crippen LogP contribution is -1.94. The number of hydrogen-bond acceptors (Lipinski definition) is 4. The molecule has 212 valence electrons. The second-order valence-electron chi connectivity index (χ2n) is 8.00. The van der Waals surface area contributed by atoms with Crippen LogP contribution in [0.25, 0.3) is 5.57 Å². The Labute approximate surface area is 242 Å². The Morgan fingerprint density at radius 1 is 0.725 bits per heavy atom. The Morgan fingerprint density at radius 3 is 1.48 bits per heavy atom. The van der Waals surface area contributed by atoms with Gasteiger partial charge in [0.2, 0.25) is 0 Å². The van der Waals surface area contributed by atoms with Crippen LogP contribution >= 0.6 is 0 Å². The van der Waals surface area contributed by atoms with Gasteiger partial charge in [0.15, 0.2) is 0 Å². The minimum Gasteiger partial charge on any atom is -0.373 e. The van der Waals surface area contributed by atoms with Crippen LogP contribution in [-0.2, 0) is 18.9 Å². The molecule has 0 spiro atoms. The van der Waals surface area contributed by atoms with Crippen molar-refractivity contribution >= 4 is 5.57 Å². The number of ether oxygens (including phenoxy) is 4. The molecule has 4 rings (SSSR count). The number of hydrogen-bond donors (Lipinski definition) is 0. The van der Waals surface area contributed by atoms with Gasteiger partial charge in [0.25, 0.3) is 0 Å². The van der Waals surface area contributed by atoms with Crippen molar-refractivity contribution in [3.05, 3.63) is 139 Å². The minimum absolute atomic E-state index is 0.434. The molecule has 0 fully saturated rings. The van der Waals surface area contributed by atoms with Crippen LogP contribution in [0.5, 0.6) is 0 Å². The van der Waals surface area contributed by atoms with E-state index in [1.54, 1.807) is 12.2 Å². The molecule has 2 aromatic rings. The molecule has 0 radical (unpaired) electrons. The summed E-state index contributed by atoms with van der Waals surface area (Å²) in [7, 11) is 0. The smallest absolute Gasteiger partial charge is 0.108 e. The summed E-state index contributed by atoms with van der Waals surface area (Å²) in [6, 6.07) is 20.7. The Bertz CT molecular complexity index is 1030. The predicted octanol–water partition coefficient (Wildman–Crippen LogP) is 7.63. The highest BCUT2D eigenvalue weighted by Gasteiger charge is 2.12. The quantitative estimate of drug-likeness (QED) is 0.134. The molecule has 2 aromatic carbocycles. The third-order valence-corrected chi connectivity index (χ3v) is 5.22. The van der Waals surface area contributed by atoms with Gasteiger partial charge in [-0.05, 0) is 27.8 Å². The largest absolute Gasteiger partial charge is 0.373 e. The molecule has 2 heterocycles. The van der Waals surface area contributed by atoms with Crippen molar-refractivity contribution in [1.82, 2.24) is 0 Å². The number of rotatable bonds is 10. The molecule has 4 nitrogen and oxygen atoms in total. The van der Waals surface area contributed by atoms with Crippen molar-refractivity contribution in [3.8, 4) is 11.8 Å². The Balaban J connectivity index is 0.000000299. The summed E-state index contributed by atoms with van der Waals surface area (Å²) in [6.45, 7) is 19.8. The lowest BCUT2D eigenvalue weighted by molar-refractivity contribution is 0.193. The van der Waals surface area contributed by atoms with Gasteiger partial charge in [-0.15, -0.1) is 13.2 Å². The van der Waals surface area contributed by atoms with E-state index in [1.165, 1.54) is 27.8 Å². The third-order valence-electron chi connectivity index (χ3n) is 5.22. The Morgan fingerprint density at radius 2 is 1.15 bits per heavy atom. The number of allylic oxidation sites excluding steroid dienone is 2. The molecule has 0 atom stereocenters. The van der Waals surface area contributed by atoms with Crippen molar-refractivity contribution in [1.29, 1.82) is 0 Å². The van der Waals surface area contributed by atoms with Crippen LogP contribution in [0, 0.1) is 11.8 Å². The highest BCUT2D eigenvalue weighted by molar-refractivity contribution is 5.80. The van der Waals surface area contributed by atoms with Gasteiger partial charge in [-0.3, -0.25) is 0 Å². The van der Waals surface area contributed by atoms with E-state index in [9.17, 15) is 0 Å². The molecule has 0 saturated carbocycles. The topological polar surface area (TPSA) is 36.9 Å². The molecule has 0 unspecified atom stereocenters. The summed E-state index contributed by atoms with van der Waals surface area (Å²) in [5.41, 5.74) is 6.27. The summed E-state index contributed by atoms with van der Waals surface area (Å²) in [6.07, 6.45) is 11.5. The van der Waals surface area contributed by atoms with Crippen molar-refractivity contribution < 1.29 is 18.9 Å². The maximum absolute atomic E-state index is 5.18. The first-order valence-corrected chi connectivity index (χ1v) is 13.6. The zero-order valence-electron chi connectivity index (χ0n) is 24.1. The van der Waals surface area contributed by atoms with E-state index in [0.29, 0.717) is 26.4 Å².